The highest BCUT2D eigenvalue weighted by Gasteiger charge is 2.21. The topological polar surface area (TPSA) is 87.0 Å². The SMILES string of the molecule is Cc1cc2occ(CC(=O)O[C@H](C)C(=O)Nc3ccc4c(c3)OCO4)c2cc1C. The summed E-state index contributed by atoms with van der Waals surface area (Å²) in [6.45, 7) is 5.70. The molecule has 0 saturated heterocycles. The third-order valence-corrected chi connectivity index (χ3v) is 4.92. The van der Waals surface area contributed by atoms with Crippen molar-refractivity contribution in [1.29, 1.82) is 0 Å². The Balaban J connectivity index is 1.38. The third kappa shape index (κ3) is 3.89. The molecule has 150 valence electrons. The fraction of sp³-hybridized carbons (Fsp3) is 0.273. The Morgan fingerprint density at radius 3 is 2.69 bits per heavy atom. The van der Waals surface area contributed by atoms with Crippen LogP contribution in [0.5, 0.6) is 11.5 Å². The molecule has 3 aromatic rings. The van der Waals surface area contributed by atoms with Crippen molar-refractivity contribution in [3.63, 3.8) is 0 Å². The van der Waals surface area contributed by atoms with Crippen molar-refractivity contribution in [2.45, 2.75) is 33.3 Å². The number of hydrogen-bond donors (Lipinski definition) is 1. The second-order valence-electron chi connectivity index (χ2n) is 7.06. The fourth-order valence-corrected chi connectivity index (χ4v) is 3.14. The van der Waals surface area contributed by atoms with Crippen LogP contribution in [-0.4, -0.2) is 24.8 Å². The second kappa shape index (κ2) is 7.50. The molecule has 1 aliphatic rings. The molecular formula is C22H21NO6. The van der Waals surface area contributed by atoms with E-state index in [-0.39, 0.29) is 13.2 Å². The van der Waals surface area contributed by atoms with Gasteiger partial charge in [0.15, 0.2) is 17.6 Å². The number of ether oxygens (including phenoxy) is 3. The number of fused-ring (bicyclic) bond motifs is 2. The van der Waals surface area contributed by atoms with Crippen molar-refractivity contribution >= 4 is 28.5 Å². The number of esters is 1. The van der Waals surface area contributed by atoms with Crippen molar-refractivity contribution in [2.24, 2.45) is 0 Å². The van der Waals surface area contributed by atoms with Gasteiger partial charge >= 0.3 is 5.97 Å². The van der Waals surface area contributed by atoms with E-state index in [2.05, 4.69) is 5.32 Å². The Labute approximate surface area is 167 Å². The van der Waals surface area contributed by atoms with Crippen LogP contribution in [0.3, 0.4) is 0 Å². The Bertz CT molecular complexity index is 1100. The van der Waals surface area contributed by atoms with Crippen LogP contribution in [0.2, 0.25) is 0 Å². The number of hydrogen-bond acceptors (Lipinski definition) is 6. The molecule has 7 nitrogen and oxygen atoms in total. The summed E-state index contributed by atoms with van der Waals surface area (Å²) < 4.78 is 21.4. The van der Waals surface area contributed by atoms with Gasteiger partial charge in [0.2, 0.25) is 6.79 Å². The molecule has 1 aliphatic heterocycles. The average Bonchev–Trinajstić information content (AvgIpc) is 3.29. The van der Waals surface area contributed by atoms with Gasteiger partial charge in [-0.3, -0.25) is 9.59 Å². The number of carbonyl (C=O) groups excluding carboxylic acids is 2. The van der Waals surface area contributed by atoms with Gasteiger partial charge in [0, 0.05) is 22.7 Å². The van der Waals surface area contributed by atoms with Crippen LogP contribution in [0, 0.1) is 13.8 Å². The lowest BCUT2D eigenvalue weighted by atomic mass is 10.0. The van der Waals surface area contributed by atoms with Crippen LogP contribution in [-0.2, 0) is 20.7 Å². The zero-order valence-electron chi connectivity index (χ0n) is 16.4. The lowest BCUT2D eigenvalue weighted by Gasteiger charge is -2.13. The quantitative estimate of drug-likeness (QED) is 0.660. The highest BCUT2D eigenvalue weighted by molar-refractivity contribution is 5.95. The maximum absolute atomic E-state index is 12.4. The average molecular weight is 395 g/mol. The summed E-state index contributed by atoms with van der Waals surface area (Å²) in [7, 11) is 0. The normalized spacial score (nSPS) is 13.3. The number of carbonyl (C=O) groups is 2. The molecule has 2 heterocycles. The van der Waals surface area contributed by atoms with Gasteiger partial charge in [0.05, 0.1) is 12.7 Å². The summed E-state index contributed by atoms with van der Waals surface area (Å²) in [6.07, 6.45) is 0.634. The third-order valence-electron chi connectivity index (χ3n) is 4.92. The van der Waals surface area contributed by atoms with Gasteiger partial charge < -0.3 is 23.9 Å². The van der Waals surface area contributed by atoms with E-state index in [0.29, 0.717) is 17.2 Å². The van der Waals surface area contributed by atoms with E-state index in [0.717, 1.165) is 27.7 Å². The fourth-order valence-electron chi connectivity index (χ4n) is 3.14. The van der Waals surface area contributed by atoms with Crippen LogP contribution < -0.4 is 14.8 Å². The Hall–Kier alpha value is -3.48. The van der Waals surface area contributed by atoms with Crippen LogP contribution in [0.25, 0.3) is 11.0 Å². The molecular weight excluding hydrogens is 374 g/mol. The molecule has 0 bridgehead atoms. The number of benzene rings is 2. The molecule has 4 rings (SSSR count). The number of nitrogens with one attached hydrogen (secondary N) is 1. The summed E-state index contributed by atoms with van der Waals surface area (Å²) in [5.74, 6) is 0.255. The van der Waals surface area contributed by atoms with E-state index in [9.17, 15) is 9.59 Å². The van der Waals surface area contributed by atoms with E-state index >= 15 is 0 Å². The van der Waals surface area contributed by atoms with E-state index < -0.39 is 18.0 Å². The molecule has 1 aromatic heterocycles. The van der Waals surface area contributed by atoms with Crippen molar-refractivity contribution in [1.82, 2.24) is 0 Å². The van der Waals surface area contributed by atoms with Crippen LogP contribution in [0.1, 0.15) is 23.6 Å². The molecule has 29 heavy (non-hydrogen) atoms. The van der Waals surface area contributed by atoms with E-state index in [1.165, 1.54) is 6.92 Å². The molecule has 1 amide bonds. The molecule has 0 fully saturated rings. The summed E-state index contributed by atoms with van der Waals surface area (Å²) in [5.41, 5.74) is 4.23. The molecule has 7 heteroatoms. The van der Waals surface area contributed by atoms with Crippen LogP contribution >= 0.6 is 0 Å². The minimum atomic E-state index is -0.949. The zero-order chi connectivity index (χ0) is 20.5. The van der Waals surface area contributed by atoms with Gasteiger partial charge in [-0.1, -0.05) is 0 Å². The first-order chi connectivity index (χ1) is 13.9. The lowest BCUT2D eigenvalue weighted by molar-refractivity contribution is -0.152. The van der Waals surface area contributed by atoms with Crippen LogP contribution in [0.4, 0.5) is 5.69 Å². The molecule has 0 aliphatic carbocycles. The molecule has 2 aromatic carbocycles. The predicted molar refractivity (Wildman–Crippen MR) is 106 cm³/mol. The monoisotopic (exact) mass is 395 g/mol. The Morgan fingerprint density at radius 2 is 1.86 bits per heavy atom. The molecule has 1 atom stereocenters. The molecule has 0 unspecified atom stereocenters. The first-order valence-corrected chi connectivity index (χ1v) is 9.28. The Kier molecular flexibility index (Phi) is 4.88. The van der Waals surface area contributed by atoms with Crippen LogP contribution in [0.15, 0.2) is 41.0 Å². The Morgan fingerprint density at radius 1 is 1.10 bits per heavy atom. The first-order valence-electron chi connectivity index (χ1n) is 9.28. The first kappa shape index (κ1) is 18.9. The van der Waals surface area contributed by atoms with E-state index in [1.54, 1.807) is 24.5 Å². The molecule has 0 spiro atoms. The minimum Gasteiger partial charge on any atom is -0.464 e. The van der Waals surface area contributed by atoms with Gasteiger partial charge in [-0.2, -0.15) is 0 Å². The summed E-state index contributed by atoms with van der Waals surface area (Å²) >= 11 is 0. The van der Waals surface area contributed by atoms with Gasteiger partial charge in [-0.05, 0) is 56.2 Å². The standard InChI is InChI=1S/C22H21NO6/c1-12-6-17-15(10-26-19(17)7-13(12)2)8-21(24)29-14(3)22(25)23-16-4-5-18-20(9-16)28-11-27-18/h4-7,9-10,14H,8,11H2,1-3H3,(H,23,25)/t14-/m1/s1. The van der Waals surface area contributed by atoms with Crippen molar-refractivity contribution in [2.75, 3.05) is 12.1 Å². The van der Waals surface area contributed by atoms with E-state index in [1.807, 2.05) is 26.0 Å². The largest absolute Gasteiger partial charge is 0.464 e. The minimum absolute atomic E-state index is 0.0249. The van der Waals surface area contributed by atoms with Gasteiger partial charge in [0.25, 0.3) is 5.91 Å². The van der Waals surface area contributed by atoms with Crippen molar-refractivity contribution in [3.8, 4) is 11.5 Å². The highest BCUT2D eigenvalue weighted by atomic mass is 16.7. The zero-order valence-corrected chi connectivity index (χ0v) is 16.4. The smallest absolute Gasteiger partial charge is 0.311 e. The number of amides is 1. The van der Waals surface area contributed by atoms with Gasteiger partial charge in [0.1, 0.15) is 5.58 Å². The van der Waals surface area contributed by atoms with Gasteiger partial charge in [-0.15, -0.1) is 0 Å². The lowest BCUT2D eigenvalue weighted by Crippen LogP contribution is -2.30. The molecule has 0 saturated carbocycles. The second-order valence-corrected chi connectivity index (χ2v) is 7.06. The maximum atomic E-state index is 12.4. The van der Waals surface area contributed by atoms with Crippen molar-refractivity contribution < 1.29 is 28.2 Å². The summed E-state index contributed by atoms with van der Waals surface area (Å²) in [4.78, 5) is 24.7. The molecule has 1 N–H and O–H groups in total. The number of aryl methyl sites for hydroxylation is 2. The summed E-state index contributed by atoms with van der Waals surface area (Å²) in [6, 6.07) is 9.01. The predicted octanol–water partition coefficient (Wildman–Crippen LogP) is 3.89. The number of furan rings is 1. The highest BCUT2D eigenvalue weighted by Crippen LogP contribution is 2.34. The summed E-state index contributed by atoms with van der Waals surface area (Å²) in [5, 5.41) is 3.59. The number of rotatable bonds is 5. The molecule has 0 radical (unpaired) electrons. The maximum Gasteiger partial charge on any atom is 0.311 e. The van der Waals surface area contributed by atoms with E-state index in [4.69, 9.17) is 18.6 Å². The van der Waals surface area contributed by atoms with Crippen molar-refractivity contribution in [3.05, 3.63) is 53.3 Å². The number of anilines is 1. The van der Waals surface area contributed by atoms with Gasteiger partial charge in [-0.25, -0.2) is 0 Å².